The Labute approximate surface area is 98.2 Å². The van der Waals surface area contributed by atoms with E-state index in [0.29, 0.717) is 12.0 Å². The van der Waals surface area contributed by atoms with Crippen molar-refractivity contribution in [2.24, 2.45) is 5.92 Å². The Bertz CT molecular complexity index is 309. The number of nitrogens with one attached hydrogen (secondary N) is 1. The van der Waals surface area contributed by atoms with Crippen LogP contribution in [-0.4, -0.2) is 16.3 Å². The Morgan fingerprint density at radius 2 is 2.31 bits per heavy atom. The smallest absolute Gasteiger partial charge is 0.0537 e. The summed E-state index contributed by atoms with van der Waals surface area (Å²) in [6.07, 6.45) is 9.52. The van der Waals surface area contributed by atoms with E-state index in [9.17, 15) is 0 Å². The minimum absolute atomic E-state index is 0.531. The van der Waals surface area contributed by atoms with Crippen molar-refractivity contribution in [1.29, 1.82) is 0 Å². The lowest BCUT2D eigenvalue weighted by Crippen LogP contribution is -2.19. The second kappa shape index (κ2) is 5.48. The van der Waals surface area contributed by atoms with Gasteiger partial charge in [-0.15, -0.1) is 0 Å². The normalized spacial score (nSPS) is 22.3. The SMILES string of the molecule is CC(C)Cn1cc([C@H]2CCCCCN2)cn1. The largest absolute Gasteiger partial charge is 0.310 e. The van der Waals surface area contributed by atoms with E-state index in [1.54, 1.807) is 0 Å². The molecule has 0 spiro atoms. The van der Waals surface area contributed by atoms with Gasteiger partial charge in [0.15, 0.2) is 0 Å². The molecule has 0 amide bonds. The summed E-state index contributed by atoms with van der Waals surface area (Å²) in [5.41, 5.74) is 1.36. The first kappa shape index (κ1) is 11.6. The van der Waals surface area contributed by atoms with Crippen LogP contribution >= 0.6 is 0 Å². The highest BCUT2D eigenvalue weighted by atomic mass is 15.3. The van der Waals surface area contributed by atoms with Crippen LogP contribution in [0.15, 0.2) is 12.4 Å². The minimum Gasteiger partial charge on any atom is -0.310 e. The third kappa shape index (κ3) is 3.08. The minimum atomic E-state index is 0.531. The van der Waals surface area contributed by atoms with Gasteiger partial charge in [0.25, 0.3) is 0 Å². The molecule has 0 radical (unpaired) electrons. The molecule has 1 aromatic heterocycles. The van der Waals surface area contributed by atoms with E-state index in [1.807, 2.05) is 6.20 Å². The van der Waals surface area contributed by atoms with Crippen molar-refractivity contribution in [3.63, 3.8) is 0 Å². The predicted octanol–water partition coefficient (Wildman–Crippen LogP) is 2.74. The summed E-state index contributed by atoms with van der Waals surface area (Å²) in [5.74, 6) is 0.662. The Kier molecular flexibility index (Phi) is 3.99. The molecule has 0 aromatic carbocycles. The van der Waals surface area contributed by atoms with Crippen LogP contribution in [0.3, 0.4) is 0 Å². The molecule has 1 N–H and O–H groups in total. The maximum absolute atomic E-state index is 4.44. The average molecular weight is 221 g/mol. The summed E-state index contributed by atoms with van der Waals surface area (Å²) in [5, 5.41) is 8.05. The van der Waals surface area contributed by atoms with Crippen LogP contribution in [0.25, 0.3) is 0 Å². The summed E-state index contributed by atoms with van der Waals surface area (Å²) >= 11 is 0. The molecule has 0 aliphatic carbocycles. The molecule has 1 aliphatic rings. The van der Waals surface area contributed by atoms with Crippen molar-refractivity contribution < 1.29 is 0 Å². The molecule has 3 nitrogen and oxygen atoms in total. The molecule has 0 saturated carbocycles. The number of nitrogens with zero attached hydrogens (tertiary/aromatic N) is 2. The van der Waals surface area contributed by atoms with E-state index in [0.717, 1.165) is 13.1 Å². The zero-order chi connectivity index (χ0) is 11.4. The third-order valence-corrected chi connectivity index (χ3v) is 3.17. The molecule has 2 rings (SSSR count). The van der Waals surface area contributed by atoms with Crippen LogP contribution in [0.2, 0.25) is 0 Å². The molecular formula is C13H23N3. The van der Waals surface area contributed by atoms with Crippen LogP contribution in [-0.2, 0) is 6.54 Å². The molecule has 1 saturated heterocycles. The highest BCUT2D eigenvalue weighted by Gasteiger charge is 2.15. The van der Waals surface area contributed by atoms with Gasteiger partial charge in [0.2, 0.25) is 0 Å². The van der Waals surface area contributed by atoms with Crippen LogP contribution in [0.4, 0.5) is 0 Å². The average Bonchev–Trinajstić information content (AvgIpc) is 2.53. The van der Waals surface area contributed by atoms with Crippen molar-refractivity contribution in [2.45, 2.75) is 52.1 Å². The predicted molar refractivity (Wildman–Crippen MR) is 66.3 cm³/mol. The summed E-state index contributed by atoms with van der Waals surface area (Å²) in [4.78, 5) is 0. The fourth-order valence-corrected chi connectivity index (χ4v) is 2.35. The molecule has 1 aromatic rings. The Balaban J connectivity index is 1.99. The zero-order valence-electron chi connectivity index (χ0n) is 10.4. The van der Waals surface area contributed by atoms with Gasteiger partial charge in [-0.05, 0) is 25.3 Å². The van der Waals surface area contributed by atoms with E-state index < -0.39 is 0 Å². The van der Waals surface area contributed by atoms with E-state index in [-0.39, 0.29) is 0 Å². The van der Waals surface area contributed by atoms with Gasteiger partial charge in [0.05, 0.1) is 6.20 Å². The number of aromatic nitrogens is 2. The first-order valence-electron chi connectivity index (χ1n) is 6.51. The topological polar surface area (TPSA) is 29.9 Å². The van der Waals surface area contributed by atoms with E-state index >= 15 is 0 Å². The Hall–Kier alpha value is -0.830. The number of hydrogen-bond acceptors (Lipinski definition) is 2. The van der Waals surface area contributed by atoms with Crippen LogP contribution in [0, 0.1) is 5.92 Å². The third-order valence-electron chi connectivity index (χ3n) is 3.17. The van der Waals surface area contributed by atoms with Crippen molar-refractivity contribution in [1.82, 2.24) is 15.1 Å². The molecule has 0 unspecified atom stereocenters. The highest BCUT2D eigenvalue weighted by Crippen LogP contribution is 2.22. The van der Waals surface area contributed by atoms with Crippen molar-refractivity contribution in [2.75, 3.05) is 6.54 Å². The first-order valence-corrected chi connectivity index (χ1v) is 6.51. The lowest BCUT2D eigenvalue weighted by Gasteiger charge is -2.13. The van der Waals surface area contributed by atoms with Crippen molar-refractivity contribution in [3.05, 3.63) is 18.0 Å². The van der Waals surface area contributed by atoms with E-state index in [1.165, 1.54) is 31.2 Å². The van der Waals surface area contributed by atoms with Gasteiger partial charge in [-0.2, -0.15) is 5.10 Å². The monoisotopic (exact) mass is 221 g/mol. The van der Waals surface area contributed by atoms with Crippen molar-refractivity contribution in [3.8, 4) is 0 Å². The Morgan fingerprint density at radius 1 is 1.44 bits per heavy atom. The van der Waals surface area contributed by atoms with Gasteiger partial charge in [-0.25, -0.2) is 0 Å². The summed E-state index contributed by atoms with van der Waals surface area (Å²) in [6, 6.07) is 0.531. The summed E-state index contributed by atoms with van der Waals surface area (Å²) in [6.45, 7) is 6.63. The standard InChI is InChI=1S/C13H23N3/c1-11(2)9-16-10-12(8-15-16)13-6-4-3-5-7-14-13/h8,10-11,13-14H,3-7,9H2,1-2H3/t13-/m1/s1. The molecule has 1 aliphatic heterocycles. The maximum Gasteiger partial charge on any atom is 0.0537 e. The lowest BCUT2D eigenvalue weighted by atomic mass is 10.1. The second-order valence-electron chi connectivity index (χ2n) is 5.25. The summed E-state index contributed by atoms with van der Waals surface area (Å²) in [7, 11) is 0. The Morgan fingerprint density at radius 3 is 3.12 bits per heavy atom. The summed E-state index contributed by atoms with van der Waals surface area (Å²) < 4.78 is 2.08. The maximum atomic E-state index is 4.44. The van der Waals surface area contributed by atoms with Crippen molar-refractivity contribution >= 4 is 0 Å². The fraction of sp³-hybridized carbons (Fsp3) is 0.769. The van der Waals surface area contributed by atoms with Gasteiger partial charge < -0.3 is 5.32 Å². The van der Waals surface area contributed by atoms with Gasteiger partial charge >= 0.3 is 0 Å². The zero-order valence-corrected chi connectivity index (χ0v) is 10.4. The quantitative estimate of drug-likeness (QED) is 0.850. The van der Waals surface area contributed by atoms with E-state index in [4.69, 9.17) is 0 Å². The molecule has 16 heavy (non-hydrogen) atoms. The lowest BCUT2D eigenvalue weighted by molar-refractivity contribution is 0.480. The van der Waals surface area contributed by atoms with Crippen LogP contribution < -0.4 is 5.32 Å². The van der Waals surface area contributed by atoms with Gasteiger partial charge in [0, 0.05) is 24.3 Å². The van der Waals surface area contributed by atoms with Crippen LogP contribution in [0.5, 0.6) is 0 Å². The number of rotatable bonds is 3. The van der Waals surface area contributed by atoms with Gasteiger partial charge in [-0.3, -0.25) is 4.68 Å². The molecule has 90 valence electrons. The van der Waals surface area contributed by atoms with E-state index in [2.05, 4.69) is 35.1 Å². The fourth-order valence-electron chi connectivity index (χ4n) is 2.35. The molecule has 1 atom stereocenters. The molecule has 2 heterocycles. The molecule has 3 heteroatoms. The van der Waals surface area contributed by atoms with Gasteiger partial charge in [-0.1, -0.05) is 26.7 Å². The van der Waals surface area contributed by atoms with Crippen LogP contribution in [0.1, 0.15) is 51.1 Å². The number of hydrogen-bond donors (Lipinski definition) is 1. The molecular weight excluding hydrogens is 198 g/mol. The van der Waals surface area contributed by atoms with Gasteiger partial charge in [0.1, 0.15) is 0 Å². The first-order chi connectivity index (χ1) is 7.75. The second-order valence-corrected chi connectivity index (χ2v) is 5.25. The highest BCUT2D eigenvalue weighted by molar-refractivity contribution is 5.10. The molecule has 1 fully saturated rings. The molecule has 0 bridgehead atoms.